The van der Waals surface area contributed by atoms with Gasteiger partial charge in [-0.2, -0.15) is 0 Å². The number of hydrogen-bond donors (Lipinski definition) is 0. The van der Waals surface area contributed by atoms with Gasteiger partial charge in [-0.05, 0) is 19.3 Å². The van der Waals surface area contributed by atoms with Crippen molar-refractivity contribution < 1.29 is 4.74 Å². The van der Waals surface area contributed by atoms with Crippen LogP contribution in [0.5, 0.6) is 0 Å². The molecule has 0 aliphatic heterocycles. The maximum absolute atomic E-state index is 6.08. The Hall–Kier alpha value is -0.0400. The van der Waals surface area contributed by atoms with Gasteiger partial charge in [0.15, 0.2) is 0 Å². The second-order valence-corrected chi connectivity index (χ2v) is 8.23. The molecule has 1 heteroatoms. The molecule has 0 heterocycles. The van der Waals surface area contributed by atoms with E-state index >= 15 is 0 Å². The second-order valence-electron chi connectivity index (χ2n) is 8.23. The van der Waals surface area contributed by atoms with Crippen molar-refractivity contribution in [1.29, 1.82) is 0 Å². The summed E-state index contributed by atoms with van der Waals surface area (Å²) in [7, 11) is 1.96. The Labute approximate surface area is 160 Å². The van der Waals surface area contributed by atoms with E-state index < -0.39 is 0 Å². The summed E-state index contributed by atoms with van der Waals surface area (Å²) in [4.78, 5) is 0. The molecule has 1 nitrogen and oxygen atoms in total. The third-order valence-electron chi connectivity index (χ3n) is 5.86. The maximum atomic E-state index is 6.08. The molecule has 0 amide bonds. The van der Waals surface area contributed by atoms with Crippen LogP contribution in [0.2, 0.25) is 0 Å². The monoisotopic (exact) mass is 354 g/mol. The Morgan fingerprint density at radius 3 is 1.12 bits per heavy atom. The second kappa shape index (κ2) is 18.7. The average Bonchev–Trinajstić information content (AvgIpc) is 2.63. The topological polar surface area (TPSA) is 9.23 Å². The van der Waals surface area contributed by atoms with E-state index in [9.17, 15) is 0 Å². The van der Waals surface area contributed by atoms with Crippen LogP contribution in [0.4, 0.5) is 0 Å². The molecule has 0 aliphatic carbocycles. The largest absolute Gasteiger partial charge is 0.378 e. The summed E-state index contributed by atoms with van der Waals surface area (Å²) < 4.78 is 6.08. The van der Waals surface area contributed by atoms with Crippen molar-refractivity contribution in [2.75, 3.05) is 7.11 Å². The SMILES string of the molecule is CCCCCCCCCCC(CCC)(CCCCCCCCC)OC. The van der Waals surface area contributed by atoms with Crippen LogP contribution in [-0.4, -0.2) is 12.7 Å². The number of ether oxygens (including phenoxy) is 1. The van der Waals surface area contributed by atoms with Gasteiger partial charge in [-0.25, -0.2) is 0 Å². The molecule has 0 bridgehead atoms. The van der Waals surface area contributed by atoms with Gasteiger partial charge in [-0.3, -0.25) is 0 Å². The third kappa shape index (κ3) is 14.8. The van der Waals surface area contributed by atoms with Crippen molar-refractivity contribution in [1.82, 2.24) is 0 Å². The molecule has 0 saturated carbocycles. The van der Waals surface area contributed by atoms with Crippen LogP contribution >= 0.6 is 0 Å². The highest BCUT2D eigenvalue weighted by Gasteiger charge is 2.27. The Balaban J connectivity index is 3.87. The number of methoxy groups -OCH3 is 1. The Morgan fingerprint density at radius 1 is 0.440 bits per heavy atom. The van der Waals surface area contributed by atoms with Crippen molar-refractivity contribution in [3.63, 3.8) is 0 Å². The summed E-state index contributed by atoms with van der Waals surface area (Å²) in [5.41, 5.74) is 0.181. The van der Waals surface area contributed by atoms with Gasteiger partial charge in [0.25, 0.3) is 0 Å². The van der Waals surface area contributed by atoms with Crippen LogP contribution in [0.25, 0.3) is 0 Å². The van der Waals surface area contributed by atoms with E-state index in [2.05, 4.69) is 20.8 Å². The molecule has 0 aromatic rings. The predicted octanol–water partition coefficient (Wildman–Crippen LogP) is 8.84. The highest BCUT2D eigenvalue weighted by Crippen LogP contribution is 2.31. The molecule has 0 saturated heterocycles. The highest BCUT2D eigenvalue weighted by atomic mass is 16.5. The first-order chi connectivity index (χ1) is 12.2. The van der Waals surface area contributed by atoms with Gasteiger partial charge in [0, 0.05) is 7.11 Å². The summed E-state index contributed by atoms with van der Waals surface area (Å²) in [6, 6.07) is 0. The first-order valence-electron chi connectivity index (χ1n) is 11.8. The molecule has 0 N–H and O–H groups in total. The van der Waals surface area contributed by atoms with Gasteiger partial charge in [-0.1, -0.05) is 124 Å². The Bertz CT molecular complexity index is 250. The Morgan fingerprint density at radius 2 is 0.800 bits per heavy atom. The third-order valence-corrected chi connectivity index (χ3v) is 5.86. The van der Waals surface area contributed by atoms with Crippen LogP contribution in [0.15, 0.2) is 0 Å². The van der Waals surface area contributed by atoms with Gasteiger partial charge in [0.2, 0.25) is 0 Å². The van der Waals surface area contributed by atoms with E-state index in [1.54, 1.807) is 0 Å². The first-order valence-corrected chi connectivity index (χ1v) is 11.8. The van der Waals surface area contributed by atoms with E-state index in [1.165, 1.54) is 122 Å². The minimum Gasteiger partial charge on any atom is -0.378 e. The van der Waals surface area contributed by atoms with Crippen molar-refractivity contribution in [2.24, 2.45) is 0 Å². The molecule has 1 atom stereocenters. The predicted molar refractivity (Wildman–Crippen MR) is 114 cm³/mol. The van der Waals surface area contributed by atoms with Gasteiger partial charge in [0.1, 0.15) is 0 Å². The fourth-order valence-corrected chi connectivity index (χ4v) is 4.12. The molecular weight excluding hydrogens is 304 g/mol. The summed E-state index contributed by atoms with van der Waals surface area (Å²) >= 11 is 0. The van der Waals surface area contributed by atoms with Gasteiger partial charge in [0.05, 0.1) is 5.60 Å². The lowest BCUT2D eigenvalue weighted by atomic mass is 9.85. The quantitative estimate of drug-likeness (QED) is 0.198. The summed E-state index contributed by atoms with van der Waals surface area (Å²) in [6.07, 6.45) is 26.1. The smallest absolute Gasteiger partial charge is 0.0678 e. The Kier molecular flexibility index (Phi) is 18.7. The highest BCUT2D eigenvalue weighted by molar-refractivity contribution is 4.80. The first kappa shape index (κ1) is 25.0. The molecule has 0 rings (SSSR count). The van der Waals surface area contributed by atoms with Crippen molar-refractivity contribution in [3.05, 3.63) is 0 Å². The van der Waals surface area contributed by atoms with Gasteiger partial charge >= 0.3 is 0 Å². The zero-order chi connectivity index (χ0) is 18.6. The van der Waals surface area contributed by atoms with Crippen LogP contribution in [0.1, 0.15) is 143 Å². The minimum absolute atomic E-state index is 0.181. The zero-order valence-electron chi connectivity index (χ0n) is 18.3. The van der Waals surface area contributed by atoms with E-state index in [0.717, 1.165) is 0 Å². The lowest BCUT2D eigenvalue weighted by Gasteiger charge is -2.33. The van der Waals surface area contributed by atoms with Gasteiger partial charge < -0.3 is 4.74 Å². The number of unbranched alkanes of at least 4 members (excludes halogenated alkanes) is 13. The van der Waals surface area contributed by atoms with Crippen LogP contribution < -0.4 is 0 Å². The van der Waals surface area contributed by atoms with E-state index in [-0.39, 0.29) is 5.60 Å². The summed E-state index contributed by atoms with van der Waals surface area (Å²) in [5, 5.41) is 0. The lowest BCUT2D eigenvalue weighted by molar-refractivity contribution is -0.0353. The zero-order valence-corrected chi connectivity index (χ0v) is 18.3. The normalized spacial score (nSPS) is 13.9. The van der Waals surface area contributed by atoms with Crippen molar-refractivity contribution >= 4 is 0 Å². The van der Waals surface area contributed by atoms with E-state index in [4.69, 9.17) is 4.74 Å². The fraction of sp³-hybridized carbons (Fsp3) is 1.00. The minimum atomic E-state index is 0.181. The summed E-state index contributed by atoms with van der Waals surface area (Å²) in [5.74, 6) is 0. The van der Waals surface area contributed by atoms with E-state index in [1.807, 2.05) is 7.11 Å². The lowest BCUT2D eigenvalue weighted by Crippen LogP contribution is -2.31. The molecular formula is C24H50O. The molecule has 25 heavy (non-hydrogen) atoms. The number of hydrogen-bond acceptors (Lipinski definition) is 1. The fourth-order valence-electron chi connectivity index (χ4n) is 4.12. The number of rotatable bonds is 20. The molecule has 0 aliphatic rings. The summed E-state index contributed by atoms with van der Waals surface area (Å²) in [6.45, 7) is 6.90. The average molecular weight is 355 g/mol. The van der Waals surface area contributed by atoms with E-state index in [0.29, 0.717) is 0 Å². The van der Waals surface area contributed by atoms with Crippen LogP contribution in [-0.2, 0) is 4.74 Å². The molecule has 0 aromatic heterocycles. The molecule has 1 unspecified atom stereocenters. The molecule has 0 spiro atoms. The maximum Gasteiger partial charge on any atom is 0.0678 e. The van der Waals surface area contributed by atoms with Gasteiger partial charge in [-0.15, -0.1) is 0 Å². The molecule has 0 fully saturated rings. The standard InChI is InChI=1S/C24H50O/c1-5-8-10-12-14-16-18-20-23-24(25-4,21-7-3)22-19-17-15-13-11-9-6-2/h5-23H2,1-4H3. The van der Waals surface area contributed by atoms with Crippen LogP contribution in [0.3, 0.4) is 0 Å². The van der Waals surface area contributed by atoms with Crippen molar-refractivity contribution in [3.8, 4) is 0 Å². The van der Waals surface area contributed by atoms with Crippen LogP contribution in [0, 0.1) is 0 Å². The molecule has 152 valence electrons. The van der Waals surface area contributed by atoms with Crippen molar-refractivity contribution in [2.45, 2.75) is 148 Å². The molecule has 0 aromatic carbocycles. The molecule has 0 radical (unpaired) electrons.